The molecule has 0 saturated carbocycles. The number of nitrogens with zero attached hydrogens (tertiary/aromatic N) is 6. The molecule has 0 spiro atoms. The Balaban J connectivity index is 1.45. The van der Waals surface area contributed by atoms with Gasteiger partial charge < -0.3 is 14.3 Å². The number of benzene rings is 2. The average molecular weight is 457 g/mol. The maximum Gasteiger partial charge on any atom is 0.192 e. The third-order valence-electron chi connectivity index (χ3n) is 5.81. The molecule has 0 saturated heterocycles. The van der Waals surface area contributed by atoms with Crippen molar-refractivity contribution in [3.05, 3.63) is 77.5 Å². The molecule has 9 heteroatoms. The number of hydrogen-bond donors (Lipinski definition) is 0. The monoisotopic (exact) mass is 456 g/mol. The van der Waals surface area contributed by atoms with Crippen molar-refractivity contribution in [2.24, 2.45) is 5.16 Å². The smallest absolute Gasteiger partial charge is 0.192 e. The van der Waals surface area contributed by atoms with E-state index in [1.807, 2.05) is 48.5 Å². The third kappa shape index (κ3) is 3.71. The van der Waals surface area contributed by atoms with Crippen LogP contribution in [0.5, 0.6) is 11.5 Å². The normalized spacial score (nSPS) is 11.5. The van der Waals surface area contributed by atoms with Crippen LogP contribution in [-0.2, 0) is 11.4 Å². The quantitative estimate of drug-likeness (QED) is 0.269. The fraction of sp³-hybridized carbons (Fsp3) is 0.200. The van der Waals surface area contributed by atoms with Crippen molar-refractivity contribution in [2.45, 2.75) is 20.5 Å². The first-order valence-corrected chi connectivity index (χ1v) is 10.8. The molecular formula is C25H24N6O3. The molecule has 5 rings (SSSR count). The van der Waals surface area contributed by atoms with Crippen LogP contribution in [0.1, 0.15) is 22.6 Å². The first-order chi connectivity index (χ1) is 16.6. The van der Waals surface area contributed by atoms with E-state index in [0.717, 1.165) is 50.7 Å². The van der Waals surface area contributed by atoms with Crippen molar-refractivity contribution in [1.29, 1.82) is 0 Å². The zero-order chi connectivity index (χ0) is 23.7. The molecule has 0 aliphatic carbocycles. The number of rotatable bonds is 7. The Bertz CT molecular complexity index is 1500. The summed E-state index contributed by atoms with van der Waals surface area (Å²) >= 11 is 0. The van der Waals surface area contributed by atoms with Crippen LogP contribution in [0.2, 0.25) is 0 Å². The van der Waals surface area contributed by atoms with E-state index in [0.29, 0.717) is 5.82 Å². The molecule has 34 heavy (non-hydrogen) atoms. The first-order valence-electron chi connectivity index (χ1n) is 10.8. The fourth-order valence-electron chi connectivity index (χ4n) is 3.98. The van der Waals surface area contributed by atoms with Gasteiger partial charge in [0.2, 0.25) is 0 Å². The van der Waals surface area contributed by atoms with Gasteiger partial charge in [0.05, 0.1) is 25.8 Å². The van der Waals surface area contributed by atoms with Crippen molar-refractivity contribution in [3.8, 4) is 17.2 Å². The third-order valence-corrected chi connectivity index (χ3v) is 5.81. The van der Waals surface area contributed by atoms with Gasteiger partial charge in [-0.25, -0.2) is 14.5 Å². The summed E-state index contributed by atoms with van der Waals surface area (Å²) < 4.78 is 14.4. The van der Waals surface area contributed by atoms with Gasteiger partial charge in [-0.1, -0.05) is 17.3 Å². The van der Waals surface area contributed by atoms with Gasteiger partial charge >= 0.3 is 0 Å². The number of methoxy groups -OCH3 is 2. The van der Waals surface area contributed by atoms with E-state index in [9.17, 15) is 0 Å². The molecule has 0 radical (unpaired) electrons. The predicted octanol–water partition coefficient (Wildman–Crippen LogP) is 4.25. The minimum Gasteiger partial charge on any atom is -0.497 e. The topological polar surface area (TPSA) is 88.1 Å². The zero-order valence-corrected chi connectivity index (χ0v) is 19.4. The molecule has 2 aromatic carbocycles. The highest BCUT2D eigenvalue weighted by Gasteiger charge is 2.19. The van der Waals surface area contributed by atoms with E-state index in [-0.39, 0.29) is 6.61 Å². The molecule has 0 atom stereocenters. The van der Waals surface area contributed by atoms with Crippen LogP contribution in [0.15, 0.2) is 60.0 Å². The average Bonchev–Trinajstić information content (AvgIpc) is 3.40. The van der Waals surface area contributed by atoms with Gasteiger partial charge in [-0.2, -0.15) is 0 Å². The summed E-state index contributed by atoms with van der Waals surface area (Å²) in [6, 6.07) is 15.5. The lowest BCUT2D eigenvalue weighted by molar-refractivity contribution is 0.126. The van der Waals surface area contributed by atoms with Crippen LogP contribution < -0.4 is 9.47 Å². The van der Waals surface area contributed by atoms with Crippen LogP contribution in [0, 0.1) is 13.8 Å². The Morgan fingerprint density at radius 1 is 0.971 bits per heavy atom. The minimum absolute atomic E-state index is 0.131. The van der Waals surface area contributed by atoms with Crippen LogP contribution in [0.4, 0.5) is 0 Å². The van der Waals surface area contributed by atoms with Gasteiger partial charge in [-0.05, 0) is 55.8 Å². The Morgan fingerprint density at radius 3 is 2.53 bits per heavy atom. The molecule has 3 heterocycles. The van der Waals surface area contributed by atoms with E-state index in [4.69, 9.17) is 19.3 Å². The lowest BCUT2D eigenvalue weighted by atomic mass is 10.2. The number of oxime groups is 1. The van der Waals surface area contributed by atoms with Crippen molar-refractivity contribution in [1.82, 2.24) is 24.1 Å². The summed E-state index contributed by atoms with van der Waals surface area (Å²) in [6.45, 7) is 4.28. The molecule has 0 unspecified atom stereocenters. The summed E-state index contributed by atoms with van der Waals surface area (Å²) in [4.78, 5) is 14.8. The number of aromatic nitrogens is 5. The molecule has 0 fully saturated rings. The standard InChI is InChI=1S/C25H24N6O3/c1-16-17(2)31(19-9-11-20(32-3)12-10-19)24-23(16)25-28-22(29-30(25)15-26-24)14-34-27-13-18-7-5-6-8-21(18)33-4/h5-13,15H,14H2,1-4H3/b27-13-. The maximum absolute atomic E-state index is 5.45. The summed E-state index contributed by atoms with van der Waals surface area (Å²) in [7, 11) is 3.28. The number of ether oxygens (including phenoxy) is 2. The Morgan fingerprint density at radius 2 is 1.76 bits per heavy atom. The highest BCUT2D eigenvalue weighted by Crippen LogP contribution is 2.30. The summed E-state index contributed by atoms with van der Waals surface area (Å²) in [6.07, 6.45) is 3.28. The lowest BCUT2D eigenvalue weighted by Gasteiger charge is -2.08. The molecule has 0 aliphatic rings. The SMILES string of the molecule is COc1ccc(-n2c(C)c(C)c3c2ncn2nc(CO/N=C\c4ccccc4OC)nc32)cc1. The van der Waals surface area contributed by atoms with Gasteiger partial charge in [-0.15, -0.1) is 5.10 Å². The molecule has 0 amide bonds. The number of aryl methyl sites for hydroxylation is 1. The van der Waals surface area contributed by atoms with E-state index in [1.165, 1.54) is 0 Å². The van der Waals surface area contributed by atoms with Gasteiger partial charge in [-0.3, -0.25) is 4.57 Å². The molecule has 3 aromatic heterocycles. The second-order valence-electron chi connectivity index (χ2n) is 7.73. The minimum atomic E-state index is 0.131. The molecule has 0 bridgehead atoms. The van der Waals surface area contributed by atoms with Crippen LogP contribution >= 0.6 is 0 Å². The molecule has 0 N–H and O–H groups in total. The van der Waals surface area contributed by atoms with E-state index >= 15 is 0 Å². The summed E-state index contributed by atoms with van der Waals surface area (Å²) in [5.74, 6) is 2.04. The van der Waals surface area contributed by atoms with Gasteiger partial charge in [0.25, 0.3) is 0 Å². The molecule has 172 valence electrons. The summed E-state index contributed by atoms with van der Waals surface area (Å²) in [5.41, 5.74) is 5.56. The Kier molecular flexibility index (Phi) is 5.59. The summed E-state index contributed by atoms with van der Waals surface area (Å²) in [5, 5.41) is 9.50. The van der Waals surface area contributed by atoms with Gasteiger partial charge in [0, 0.05) is 16.9 Å². The highest BCUT2D eigenvalue weighted by atomic mass is 16.6. The van der Waals surface area contributed by atoms with Crippen LogP contribution in [0.3, 0.4) is 0 Å². The van der Waals surface area contributed by atoms with Crippen molar-refractivity contribution < 1.29 is 14.3 Å². The van der Waals surface area contributed by atoms with Gasteiger partial charge in [0.1, 0.15) is 17.8 Å². The lowest BCUT2D eigenvalue weighted by Crippen LogP contribution is -1.99. The number of para-hydroxylation sites is 1. The van der Waals surface area contributed by atoms with Crippen LogP contribution in [0.25, 0.3) is 22.4 Å². The Labute approximate surface area is 196 Å². The predicted molar refractivity (Wildman–Crippen MR) is 129 cm³/mol. The second-order valence-corrected chi connectivity index (χ2v) is 7.73. The number of hydrogen-bond acceptors (Lipinski definition) is 7. The van der Waals surface area contributed by atoms with E-state index < -0.39 is 0 Å². The van der Waals surface area contributed by atoms with Crippen molar-refractivity contribution >= 4 is 22.9 Å². The van der Waals surface area contributed by atoms with Gasteiger partial charge in [0.15, 0.2) is 23.7 Å². The largest absolute Gasteiger partial charge is 0.497 e. The molecule has 0 aliphatic heterocycles. The first kappa shape index (κ1) is 21.4. The number of fused-ring (bicyclic) bond motifs is 3. The van der Waals surface area contributed by atoms with E-state index in [1.54, 1.807) is 31.3 Å². The fourth-order valence-corrected chi connectivity index (χ4v) is 3.98. The van der Waals surface area contributed by atoms with Crippen molar-refractivity contribution in [3.63, 3.8) is 0 Å². The molecule has 5 aromatic rings. The van der Waals surface area contributed by atoms with Crippen molar-refractivity contribution in [2.75, 3.05) is 14.2 Å². The highest BCUT2D eigenvalue weighted by molar-refractivity contribution is 5.95. The van der Waals surface area contributed by atoms with E-state index in [2.05, 4.69) is 33.7 Å². The Hall–Kier alpha value is -4.40. The molecular weight excluding hydrogens is 432 g/mol. The maximum atomic E-state index is 5.45. The molecule has 9 nitrogen and oxygen atoms in total. The van der Waals surface area contributed by atoms with Crippen LogP contribution in [-0.4, -0.2) is 44.6 Å². The zero-order valence-electron chi connectivity index (χ0n) is 19.4. The second kappa shape index (κ2) is 8.86.